The number of carbonyl (C=O) groups excluding carboxylic acids is 1. The smallest absolute Gasteiger partial charge is 0.241 e. The Labute approximate surface area is 148 Å². The molecule has 3 N–H and O–H groups in total. The van der Waals surface area contributed by atoms with E-state index < -0.39 is 12.1 Å². The summed E-state index contributed by atoms with van der Waals surface area (Å²) in [6, 6.07) is 6.71. The number of benzene rings is 1. The Bertz CT molecular complexity index is 682. The predicted octanol–water partition coefficient (Wildman–Crippen LogP) is 1.32. The van der Waals surface area contributed by atoms with Crippen LogP contribution in [-0.2, 0) is 11.8 Å². The standard InChI is InChI=1S/C18H26N4O3/c1-12(2)25-15-7-5-13(6-8-15)16(23)10-20-18(24)17(19-3)14-9-21-22(4)11-14/h5-9,11-12,16-17,19,23H,10H2,1-4H3,(H,20,24). The zero-order chi connectivity index (χ0) is 18.4. The molecule has 1 amide bonds. The highest BCUT2D eigenvalue weighted by Gasteiger charge is 2.21. The number of nitrogens with one attached hydrogen (secondary N) is 2. The van der Waals surface area contributed by atoms with Crippen LogP contribution in [0, 0.1) is 0 Å². The SMILES string of the molecule is CNC(C(=O)NCC(O)c1ccc(OC(C)C)cc1)c1cnn(C)c1. The lowest BCUT2D eigenvalue weighted by Crippen LogP contribution is -2.37. The Morgan fingerprint density at radius 2 is 1.96 bits per heavy atom. The topological polar surface area (TPSA) is 88.4 Å². The van der Waals surface area contributed by atoms with E-state index in [2.05, 4.69) is 15.7 Å². The van der Waals surface area contributed by atoms with Gasteiger partial charge in [-0.2, -0.15) is 5.10 Å². The summed E-state index contributed by atoms with van der Waals surface area (Å²) >= 11 is 0. The number of aromatic nitrogens is 2. The van der Waals surface area contributed by atoms with E-state index >= 15 is 0 Å². The highest BCUT2D eigenvalue weighted by atomic mass is 16.5. The van der Waals surface area contributed by atoms with Gasteiger partial charge in [-0.1, -0.05) is 12.1 Å². The molecule has 0 spiro atoms. The summed E-state index contributed by atoms with van der Waals surface area (Å²) in [5, 5.41) is 20.1. The summed E-state index contributed by atoms with van der Waals surface area (Å²) in [4.78, 5) is 12.4. The molecule has 0 bridgehead atoms. The van der Waals surface area contributed by atoms with Crippen LogP contribution in [0.25, 0.3) is 0 Å². The molecular formula is C18H26N4O3. The van der Waals surface area contributed by atoms with Gasteiger partial charge in [-0.15, -0.1) is 0 Å². The van der Waals surface area contributed by atoms with Crippen molar-refractivity contribution < 1.29 is 14.6 Å². The minimum Gasteiger partial charge on any atom is -0.491 e. The van der Waals surface area contributed by atoms with Gasteiger partial charge in [-0.25, -0.2) is 0 Å². The lowest BCUT2D eigenvalue weighted by atomic mass is 10.1. The van der Waals surface area contributed by atoms with Gasteiger partial charge in [0.05, 0.1) is 18.4 Å². The van der Waals surface area contributed by atoms with Crippen molar-refractivity contribution in [1.29, 1.82) is 0 Å². The van der Waals surface area contributed by atoms with Crippen molar-refractivity contribution in [3.05, 3.63) is 47.8 Å². The van der Waals surface area contributed by atoms with Crippen LogP contribution in [0.5, 0.6) is 5.75 Å². The van der Waals surface area contributed by atoms with Crippen molar-refractivity contribution in [2.24, 2.45) is 7.05 Å². The molecule has 2 aromatic rings. The highest BCUT2D eigenvalue weighted by Crippen LogP contribution is 2.19. The van der Waals surface area contributed by atoms with Gasteiger partial charge in [0.2, 0.25) is 5.91 Å². The van der Waals surface area contributed by atoms with Gasteiger partial charge in [0.1, 0.15) is 11.8 Å². The number of hydrogen-bond acceptors (Lipinski definition) is 5. The lowest BCUT2D eigenvalue weighted by Gasteiger charge is -2.17. The average Bonchev–Trinajstić information content (AvgIpc) is 2.99. The zero-order valence-corrected chi connectivity index (χ0v) is 15.1. The number of ether oxygens (including phenoxy) is 1. The van der Waals surface area contributed by atoms with E-state index in [-0.39, 0.29) is 18.6 Å². The van der Waals surface area contributed by atoms with Crippen molar-refractivity contribution in [3.63, 3.8) is 0 Å². The van der Waals surface area contributed by atoms with Gasteiger partial charge in [0, 0.05) is 25.4 Å². The number of likely N-dealkylation sites (N-methyl/N-ethyl adjacent to an activating group) is 1. The van der Waals surface area contributed by atoms with Crippen LogP contribution in [0.1, 0.15) is 37.1 Å². The molecule has 1 heterocycles. The van der Waals surface area contributed by atoms with Crippen molar-refractivity contribution in [1.82, 2.24) is 20.4 Å². The molecule has 136 valence electrons. The Balaban J connectivity index is 1.91. The molecule has 1 aromatic carbocycles. The van der Waals surface area contributed by atoms with Crippen LogP contribution in [0.2, 0.25) is 0 Å². The van der Waals surface area contributed by atoms with Gasteiger partial charge < -0.3 is 20.5 Å². The average molecular weight is 346 g/mol. The van der Waals surface area contributed by atoms with E-state index in [1.165, 1.54) is 0 Å². The van der Waals surface area contributed by atoms with Crippen LogP contribution in [0.4, 0.5) is 0 Å². The van der Waals surface area contributed by atoms with E-state index in [0.717, 1.165) is 16.9 Å². The molecule has 7 nitrogen and oxygen atoms in total. The fraction of sp³-hybridized carbons (Fsp3) is 0.444. The summed E-state index contributed by atoms with van der Waals surface area (Å²) in [5.41, 5.74) is 1.49. The molecule has 0 aliphatic carbocycles. The third-order valence-electron chi connectivity index (χ3n) is 3.72. The van der Waals surface area contributed by atoms with Crippen molar-refractivity contribution in [2.45, 2.75) is 32.1 Å². The van der Waals surface area contributed by atoms with E-state index in [0.29, 0.717) is 0 Å². The van der Waals surface area contributed by atoms with Crippen LogP contribution in [-0.4, -0.2) is 40.5 Å². The molecule has 2 unspecified atom stereocenters. The first-order valence-corrected chi connectivity index (χ1v) is 8.29. The lowest BCUT2D eigenvalue weighted by molar-refractivity contribution is -0.123. The zero-order valence-electron chi connectivity index (χ0n) is 15.1. The van der Waals surface area contributed by atoms with Crippen molar-refractivity contribution in [3.8, 4) is 5.75 Å². The molecule has 0 saturated heterocycles. The fourth-order valence-corrected chi connectivity index (χ4v) is 2.50. The van der Waals surface area contributed by atoms with Crippen molar-refractivity contribution in [2.75, 3.05) is 13.6 Å². The first-order valence-electron chi connectivity index (χ1n) is 8.29. The Hall–Kier alpha value is -2.38. The summed E-state index contributed by atoms with van der Waals surface area (Å²) in [6.07, 6.45) is 2.74. The highest BCUT2D eigenvalue weighted by molar-refractivity contribution is 5.83. The van der Waals surface area contributed by atoms with Crippen LogP contribution >= 0.6 is 0 Å². The molecule has 0 aliphatic heterocycles. The quantitative estimate of drug-likeness (QED) is 0.671. The normalized spacial score (nSPS) is 13.5. The number of carbonyl (C=O) groups is 1. The van der Waals surface area contributed by atoms with Gasteiger partial charge in [-0.05, 0) is 38.6 Å². The molecule has 7 heteroatoms. The number of amides is 1. The molecule has 25 heavy (non-hydrogen) atoms. The van der Waals surface area contributed by atoms with E-state index in [9.17, 15) is 9.90 Å². The second-order valence-corrected chi connectivity index (χ2v) is 6.17. The van der Waals surface area contributed by atoms with E-state index in [1.807, 2.05) is 26.0 Å². The second kappa shape index (κ2) is 8.64. The Kier molecular flexibility index (Phi) is 6.55. The molecule has 2 rings (SSSR count). The fourth-order valence-electron chi connectivity index (χ4n) is 2.50. The summed E-state index contributed by atoms with van der Waals surface area (Å²) < 4.78 is 7.22. The number of nitrogens with zero attached hydrogens (tertiary/aromatic N) is 2. The maximum absolute atomic E-state index is 12.4. The first kappa shape index (κ1) is 19.0. The van der Waals surface area contributed by atoms with Gasteiger partial charge in [-0.3, -0.25) is 9.48 Å². The maximum atomic E-state index is 12.4. The van der Waals surface area contributed by atoms with Crippen LogP contribution in [0.3, 0.4) is 0 Å². The third kappa shape index (κ3) is 5.30. The minimum absolute atomic E-state index is 0.0982. The van der Waals surface area contributed by atoms with Gasteiger partial charge in [0.25, 0.3) is 0 Å². The van der Waals surface area contributed by atoms with E-state index in [4.69, 9.17) is 4.74 Å². The monoisotopic (exact) mass is 346 g/mol. The molecule has 2 atom stereocenters. The summed E-state index contributed by atoms with van der Waals surface area (Å²) in [5.74, 6) is 0.538. The summed E-state index contributed by atoms with van der Waals surface area (Å²) in [7, 11) is 3.51. The number of hydrogen-bond donors (Lipinski definition) is 3. The third-order valence-corrected chi connectivity index (χ3v) is 3.72. The molecule has 0 aliphatic rings. The van der Waals surface area contributed by atoms with Gasteiger partial charge in [0.15, 0.2) is 0 Å². The largest absolute Gasteiger partial charge is 0.491 e. The number of rotatable bonds is 8. The molecule has 1 aromatic heterocycles. The van der Waals surface area contributed by atoms with E-state index in [1.54, 1.807) is 43.3 Å². The van der Waals surface area contributed by atoms with Crippen LogP contribution in [0.15, 0.2) is 36.7 Å². The molecular weight excluding hydrogens is 320 g/mol. The Morgan fingerprint density at radius 3 is 2.48 bits per heavy atom. The Morgan fingerprint density at radius 1 is 1.28 bits per heavy atom. The van der Waals surface area contributed by atoms with Gasteiger partial charge >= 0.3 is 0 Å². The number of aliphatic hydroxyl groups excluding tert-OH is 1. The second-order valence-electron chi connectivity index (χ2n) is 6.17. The molecule has 0 saturated carbocycles. The first-order chi connectivity index (χ1) is 11.9. The number of aliphatic hydroxyl groups is 1. The predicted molar refractivity (Wildman–Crippen MR) is 95.2 cm³/mol. The molecule has 0 fully saturated rings. The van der Waals surface area contributed by atoms with Crippen LogP contribution < -0.4 is 15.4 Å². The summed E-state index contributed by atoms with van der Waals surface area (Å²) in [6.45, 7) is 4.04. The van der Waals surface area contributed by atoms with Crippen molar-refractivity contribution >= 4 is 5.91 Å². The molecule has 0 radical (unpaired) electrons. The maximum Gasteiger partial charge on any atom is 0.241 e. The minimum atomic E-state index is -0.788. The number of aryl methyl sites for hydroxylation is 1.